The Balaban J connectivity index is 1.89. The van der Waals surface area contributed by atoms with E-state index in [2.05, 4.69) is 42.3 Å². The van der Waals surface area contributed by atoms with Gasteiger partial charge in [0.05, 0.1) is 30.1 Å². The van der Waals surface area contributed by atoms with Crippen LogP contribution in [0.2, 0.25) is 0 Å². The van der Waals surface area contributed by atoms with Crippen molar-refractivity contribution in [2.75, 3.05) is 18.0 Å². The Morgan fingerprint density at radius 1 is 1.48 bits per heavy atom. The number of halogens is 1. The number of aromatic nitrogens is 3. The molecule has 0 spiro atoms. The molecule has 3 rings (SSSR count). The van der Waals surface area contributed by atoms with E-state index in [0.29, 0.717) is 24.2 Å². The fourth-order valence-electron chi connectivity index (χ4n) is 2.71. The second-order valence-corrected chi connectivity index (χ2v) is 6.04. The molecule has 1 aliphatic rings. The number of piperidine rings is 1. The van der Waals surface area contributed by atoms with E-state index in [1.54, 1.807) is 18.3 Å². The molecule has 1 aromatic carbocycles. The highest BCUT2D eigenvalue weighted by Gasteiger charge is 2.37. The Hall–Kier alpha value is -1.91. The van der Waals surface area contributed by atoms with Gasteiger partial charge < -0.3 is 10.0 Å². The molecule has 0 saturated carbocycles. The van der Waals surface area contributed by atoms with Gasteiger partial charge in [0.1, 0.15) is 11.3 Å². The lowest BCUT2D eigenvalue weighted by Gasteiger charge is -2.39. The van der Waals surface area contributed by atoms with Crippen molar-refractivity contribution in [3.05, 3.63) is 40.1 Å². The third kappa shape index (κ3) is 2.64. The van der Waals surface area contributed by atoms with Gasteiger partial charge in [-0.2, -0.15) is 20.7 Å². The summed E-state index contributed by atoms with van der Waals surface area (Å²) in [7, 11) is 0. The van der Waals surface area contributed by atoms with Crippen molar-refractivity contribution in [1.82, 2.24) is 15.4 Å². The molecule has 2 heterocycles. The van der Waals surface area contributed by atoms with Gasteiger partial charge in [-0.15, -0.1) is 0 Å². The fraction of sp³-hybridized carbons (Fsp3) is 0.357. The zero-order valence-corrected chi connectivity index (χ0v) is 12.8. The third-order valence-corrected chi connectivity index (χ3v) is 4.42. The van der Waals surface area contributed by atoms with Crippen LogP contribution in [0.1, 0.15) is 24.1 Å². The molecular weight excluding hydrogens is 334 g/mol. The molecular formula is C14H14BrN5O. The molecule has 1 aliphatic heterocycles. The molecule has 1 aromatic heterocycles. The summed E-state index contributed by atoms with van der Waals surface area (Å²) in [5, 5.41) is 30.1. The van der Waals surface area contributed by atoms with Gasteiger partial charge in [-0.3, -0.25) is 0 Å². The maximum Gasteiger partial charge on any atom is 0.127 e. The summed E-state index contributed by atoms with van der Waals surface area (Å²) in [6, 6.07) is 7.59. The topological polar surface area (TPSA) is 88.8 Å². The first-order valence-electron chi connectivity index (χ1n) is 6.66. The molecule has 0 aliphatic carbocycles. The Morgan fingerprint density at radius 3 is 3.00 bits per heavy atom. The van der Waals surface area contributed by atoms with Gasteiger partial charge in [-0.05, 0) is 47.0 Å². The average molecular weight is 348 g/mol. The first-order valence-corrected chi connectivity index (χ1v) is 7.45. The summed E-state index contributed by atoms with van der Waals surface area (Å²) in [5.41, 5.74) is 1.14. The van der Waals surface area contributed by atoms with E-state index < -0.39 is 5.60 Å². The Morgan fingerprint density at radius 2 is 2.33 bits per heavy atom. The van der Waals surface area contributed by atoms with Crippen LogP contribution in [0.25, 0.3) is 0 Å². The van der Waals surface area contributed by atoms with Crippen LogP contribution in [0.15, 0.2) is 28.9 Å². The second-order valence-electron chi connectivity index (χ2n) is 5.19. The molecule has 21 heavy (non-hydrogen) atoms. The third-order valence-electron chi connectivity index (χ3n) is 3.78. The zero-order valence-electron chi connectivity index (χ0n) is 11.3. The summed E-state index contributed by atoms with van der Waals surface area (Å²) in [6.45, 7) is 1.30. The minimum Gasteiger partial charge on any atom is -0.382 e. The number of hydrogen-bond donors (Lipinski definition) is 2. The molecule has 0 radical (unpaired) electrons. The average Bonchev–Trinajstić information content (AvgIpc) is 3.02. The monoisotopic (exact) mass is 347 g/mol. The molecule has 1 atom stereocenters. The highest BCUT2D eigenvalue weighted by atomic mass is 79.9. The molecule has 0 bridgehead atoms. The van der Waals surface area contributed by atoms with Crippen molar-refractivity contribution in [3.63, 3.8) is 0 Å². The van der Waals surface area contributed by atoms with Crippen molar-refractivity contribution in [3.8, 4) is 6.07 Å². The smallest absolute Gasteiger partial charge is 0.127 e. The van der Waals surface area contributed by atoms with Crippen LogP contribution in [-0.2, 0) is 5.60 Å². The summed E-state index contributed by atoms with van der Waals surface area (Å²) < 4.78 is 0.853. The lowest BCUT2D eigenvalue weighted by atomic mass is 9.89. The normalized spacial score (nSPS) is 22.0. The van der Waals surface area contributed by atoms with Crippen molar-refractivity contribution < 1.29 is 5.11 Å². The van der Waals surface area contributed by atoms with E-state index >= 15 is 0 Å². The van der Waals surface area contributed by atoms with Crippen LogP contribution in [0.5, 0.6) is 0 Å². The lowest BCUT2D eigenvalue weighted by molar-refractivity contribution is 0.0176. The first-order chi connectivity index (χ1) is 10.1. The molecule has 1 unspecified atom stereocenters. The van der Waals surface area contributed by atoms with E-state index in [-0.39, 0.29) is 0 Å². The quantitative estimate of drug-likeness (QED) is 0.866. The number of nitrogens with zero attached hydrogens (tertiary/aromatic N) is 4. The Bertz CT molecular complexity index is 681. The summed E-state index contributed by atoms with van der Waals surface area (Å²) in [6.07, 6.45) is 3.08. The summed E-state index contributed by atoms with van der Waals surface area (Å²) in [5.74, 6) is 0. The van der Waals surface area contributed by atoms with Crippen LogP contribution < -0.4 is 4.90 Å². The second kappa shape index (κ2) is 5.47. The summed E-state index contributed by atoms with van der Waals surface area (Å²) in [4.78, 5) is 2.10. The lowest BCUT2D eigenvalue weighted by Crippen LogP contribution is -2.46. The number of anilines is 1. The first kappa shape index (κ1) is 14.0. The molecule has 108 valence electrons. The van der Waals surface area contributed by atoms with E-state index in [1.165, 1.54) is 0 Å². The number of hydrogen-bond acceptors (Lipinski definition) is 5. The molecule has 2 aromatic rings. The van der Waals surface area contributed by atoms with Crippen LogP contribution in [0.3, 0.4) is 0 Å². The van der Waals surface area contributed by atoms with Crippen LogP contribution >= 0.6 is 15.9 Å². The highest BCUT2D eigenvalue weighted by Crippen LogP contribution is 2.35. The van der Waals surface area contributed by atoms with Gasteiger partial charge in [0, 0.05) is 11.0 Å². The standard InChI is InChI=1S/C14H14BrN5O/c15-11-6-10(7-16)2-3-12(11)20-5-1-4-14(21,9-20)13-8-17-19-18-13/h2-3,6,8,21H,1,4-5,9H2,(H,17,18,19). The number of nitrogens with one attached hydrogen (secondary N) is 1. The maximum atomic E-state index is 10.8. The molecule has 6 nitrogen and oxygen atoms in total. The molecule has 2 N–H and O–H groups in total. The van der Waals surface area contributed by atoms with E-state index in [0.717, 1.165) is 23.1 Å². The van der Waals surface area contributed by atoms with Crippen molar-refractivity contribution in [2.45, 2.75) is 18.4 Å². The molecule has 1 fully saturated rings. The van der Waals surface area contributed by atoms with E-state index in [9.17, 15) is 5.11 Å². The van der Waals surface area contributed by atoms with Crippen LogP contribution in [0.4, 0.5) is 5.69 Å². The predicted octanol–water partition coefficient (Wildman–Crippen LogP) is 1.93. The van der Waals surface area contributed by atoms with Crippen molar-refractivity contribution >= 4 is 21.6 Å². The molecule has 7 heteroatoms. The molecule has 0 amide bonds. The van der Waals surface area contributed by atoms with Gasteiger partial charge in [-0.1, -0.05) is 0 Å². The Labute approximate surface area is 130 Å². The van der Waals surface area contributed by atoms with Gasteiger partial charge >= 0.3 is 0 Å². The zero-order chi connectivity index (χ0) is 14.9. The van der Waals surface area contributed by atoms with Gasteiger partial charge in [0.2, 0.25) is 0 Å². The maximum absolute atomic E-state index is 10.8. The van der Waals surface area contributed by atoms with Crippen LogP contribution in [-0.4, -0.2) is 33.6 Å². The van der Waals surface area contributed by atoms with Gasteiger partial charge in [0.25, 0.3) is 0 Å². The van der Waals surface area contributed by atoms with Crippen LogP contribution in [0, 0.1) is 11.3 Å². The van der Waals surface area contributed by atoms with Crippen molar-refractivity contribution in [2.24, 2.45) is 0 Å². The van der Waals surface area contributed by atoms with Crippen molar-refractivity contribution in [1.29, 1.82) is 5.26 Å². The number of aromatic amines is 1. The van der Waals surface area contributed by atoms with E-state index in [4.69, 9.17) is 5.26 Å². The van der Waals surface area contributed by atoms with Gasteiger partial charge in [0.15, 0.2) is 0 Å². The minimum absolute atomic E-state index is 0.448. The highest BCUT2D eigenvalue weighted by molar-refractivity contribution is 9.10. The number of H-pyrrole nitrogens is 1. The number of benzene rings is 1. The number of rotatable bonds is 2. The number of nitriles is 1. The fourth-order valence-corrected chi connectivity index (χ4v) is 3.34. The largest absolute Gasteiger partial charge is 0.382 e. The summed E-state index contributed by atoms with van der Waals surface area (Å²) >= 11 is 3.50. The number of aliphatic hydroxyl groups is 1. The number of β-amino-alcohol motifs (C(OH)–C–C–N with tert-alkyl or cyclic N) is 1. The van der Waals surface area contributed by atoms with E-state index in [1.807, 2.05) is 6.07 Å². The Kier molecular flexibility index (Phi) is 3.66. The predicted molar refractivity (Wildman–Crippen MR) is 80.6 cm³/mol. The SMILES string of the molecule is N#Cc1ccc(N2CCCC(O)(c3cn[nH]n3)C2)c(Br)c1. The van der Waals surface area contributed by atoms with Gasteiger partial charge in [-0.25, -0.2) is 0 Å². The molecule has 1 saturated heterocycles. The minimum atomic E-state index is -1.00.